The Morgan fingerprint density at radius 1 is 1.24 bits per heavy atom. The van der Waals surface area contributed by atoms with Crippen LogP contribution in [0.2, 0.25) is 5.28 Å². The molecule has 1 N–H and O–H groups in total. The number of halogens is 4. The van der Waals surface area contributed by atoms with Crippen LogP contribution in [0.4, 0.5) is 24.5 Å². The van der Waals surface area contributed by atoms with Crippen LogP contribution in [-0.4, -0.2) is 74.6 Å². The average molecular weight is 540 g/mol. The topological polar surface area (TPSA) is 105 Å². The summed E-state index contributed by atoms with van der Waals surface area (Å²) in [5.41, 5.74) is 1.44. The van der Waals surface area contributed by atoms with Crippen LogP contribution in [0, 0.1) is 5.92 Å². The van der Waals surface area contributed by atoms with Gasteiger partial charge in [0.1, 0.15) is 0 Å². The van der Waals surface area contributed by atoms with E-state index in [1.54, 1.807) is 6.92 Å². The zero-order valence-corrected chi connectivity index (χ0v) is 21.2. The molecule has 10 nitrogen and oxygen atoms in total. The molecule has 3 heterocycles. The van der Waals surface area contributed by atoms with Crippen LogP contribution in [0.15, 0.2) is 30.5 Å². The molecule has 1 fully saturated rings. The van der Waals surface area contributed by atoms with Crippen LogP contribution < -0.4 is 5.32 Å². The Balaban J connectivity index is 1.57. The second-order valence-corrected chi connectivity index (χ2v) is 9.13. The Bertz CT molecular complexity index is 1310. The molecule has 0 radical (unpaired) electrons. The number of methoxy groups -OCH3 is 1. The first-order valence-electron chi connectivity index (χ1n) is 11.3. The van der Waals surface area contributed by atoms with Crippen molar-refractivity contribution in [1.82, 2.24) is 29.4 Å². The van der Waals surface area contributed by atoms with Crippen molar-refractivity contribution in [3.05, 3.63) is 47.0 Å². The molecular weight excluding hydrogens is 515 g/mol. The van der Waals surface area contributed by atoms with Gasteiger partial charge in [-0.2, -0.15) is 22.7 Å². The molecule has 2 atom stereocenters. The van der Waals surface area contributed by atoms with Crippen molar-refractivity contribution >= 4 is 40.6 Å². The molecule has 2 amide bonds. The van der Waals surface area contributed by atoms with E-state index >= 15 is 0 Å². The normalized spacial score (nSPS) is 15.8. The Hall–Kier alpha value is -3.45. The number of amides is 2. The molecule has 0 aliphatic carbocycles. The molecule has 1 aliphatic rings. The van der Waals surface area contributed by atoms with Gasteiger partial charge in [-0.15, -0.1) is 5.10 Å². The van der Waals surface area contributed by atoms with E-state index < -0.39 is 30.1 Å². The average Bonchev–Trinajstić information content (AvgIpc) is 3.17. The number of benzene rings is 1. The fourth-order valence-corrected chi connectivity index (χ4v) is 4.42. The van der Waals surface area contributed by atoms with Crippen molar-refractivity contribution in [3.8, 4) is 0 Å². The number of rotatable bonds is 7. The first-order chi connectivity index (χ1) is 17.4. The highest BCUT2D eigenvalue weighted by Gasteiger charge is 2.47. The summed E-state index contributed by atoms with van der Waals surface area (Å²) >= 11 is 5.92. The van der Waals surface area contributed by atoms with Gasteiger partial charge in [0.25, 0.3) is 5.78 Å². The number of hydrogen-bond donors (Lipinski definition) is 1. The quantitative estimate of drug-likeness (QED) is 0.487. The number of alkyl halides is 3. The number of aromatic nitrogens is 4. The standard InChI is InChI=1S/C23H25ClF3N7O3/c1-12(37-4)18-17(9-28-22-30-21(24)31-34(18)22)29-16-7-5-14(6-8-16)19(23(25,26)27)32(3)20(36)15-10-33(11-15)13(2)35/h5-9,12,15,19,29H,10-11H2,1-4H3/t12-,19-/m0/s1. The highest BCUT2D eigenvalue weighted by atomic mass is 35.5. The van der Waals surface area contributed by atoms with Gasteiger partial charge in [0.2, 0.25) is 17.1 Å². The van der Waals surface area contributed by atoms with E-state index in [9.17, 15) is 22.8 Å². The number of anilines is 2. The Kier molecular flexibility index (Phi) is 7.29. The fraction of sp³-hybridized carbons (Fsp3) is 0.435. The molecule has 0 spiro atoms. The van der Waals surface area contributed by atoms with E-state index in [-0.39, 0.29) is 35.6 Å². The summed E-state index contributed by atoms with van der Waals surface area (Å²) in [5, 5.41) is 7.26. The maximum absolute atomic E-state index is 14.1. The van der Waals surface area contributed by atoms with Crippen LogP contribution in [0.25, 0.3) is 5.78 Å². The van der Waals surface area contributed by atoms with E-state index in [4.69, 9.17) is 16.3 Å². The minimum Gasteiger partial charge on any atom is -0.375 e. The van der Waals surface area contributed by atoms with Gasteiger partial charge in [0.15, 0.2) is 6.04 Å². The predicted molar refractivity (Wildman–Crippen MR) is 128 cm³/mol. The number of carbonyl (C=O) groups excluding carboxylic acids is 2. The Morgan fingerprint density at radius 3 is 2.46 bits per heavy atom. The van der Waals surface area contributed by atoms with Crippen molar-refractivity contribution in [2.45, 2.75) is 32.2 Å². The minimum absolute atomic E-state index is 0.00585. The van der Waals surface area contributed by atoms with Gasteiger partial charge in [-0.25, -0.2) is 4.98 Å². The molecule has 37 heavy (non-hydrogen) atoms. The lowest BCUT2D eigenvalue weighted by atomic mass is 9.96. The third-order valence-corrected chi connectivity index (χ3v) is 6.50. The number of likely N-dealkylation sites (tertiary alicyclic amines) is 1. The summed E-state index contributed by atoms with van der Waals surface area (Å²) in [4.78, 5) is 34.5. The molecule has 3 aromatic rings. The van der Waals surface area contributed by atoms with Crippen molar-refractivity contribution in [3.63, 3.8) is 0 Å². The molecule has 1 saturated heterocycles. The van der Waals surface area contributed by atoms with Crippen LogP contribution in [0.3, 0.4) is 0 Å². The van der Waals surface area contributed by atoms with Crippen molar-refractivity contribution < 1.29 is 27.5 Å². The number of hydrogen-bond acceptors (Lipinski definition) is 7. The molecule has 1 aromatic carbocycles. The Labute approximate surface area is 215 Å². The summed E-state index contributed by atoms with van der Waals surface area (Å²) in [6, 6.07) is 3.44. The zero-order valence-electron chi connectivity index (χ0n) is 20.5. The number of nitrogens with one attached hydrogen (secondary N) is 1. The van der Waals surface area contributed by atoms with Gasteiger partial charge >= 0.3 is 6.18 Å². The largest absolute Gasteiger partial charge is 0.413 e. The molecule has 0 bridgehead atoms. The molecule has 2 aromatic heterocycles. The molecule has 1 aliphatic heterocycles. The van der Waals surface area contributed by atoms with Crippen LogP contribution >= 0.6 is 11.6 Å². The molecule has 0 saturated carbocycles. The molecule has 198 valence electrons. The van der Waals surface area contributed by atoms with Gasteiger partial charge < -0.3 is 19.9 Å². The smallest absolute Gasteiger partial charge is 0.375 e. The second kappa shape index (κ2) is 10.1. The predicted octanol–water partition coefficient (Wildman–Crippen LogP) is 3.77. The van der Waals surface area contributed by atoms with Gasteiger partial charge in [0.05, 0.1) is 29.6 Å². The van der Waals surface area contributed by atoms with Crippen LogP contribution in [0.5, 0.6) is 0 Å². The van der Waals surface area contributed by atoms with E-state index in [2.05, 4.69) is 20.4 Å². The third-order valence-electron chi connectivity index (χ3n) is 6.34. The van der Waals surface area contributed by atoms with Crippen LogP contribution in [-0.2, 0) is 14.3 Å². The lowest BCUT2D eigenvalue weighted by molar-refractivity contribution is -0.192. The molecule has 4 rings (SSSR count). The Morgan fingerprint density at radius 2 is 1.89 bits per heavy atom. The summed E-state index contributed by atoms with van der Waals surface area (Å²) in [6.07, 6.45) is -3.64. The SMILES string of the molecule is CO[C@@H](C)c1c(Nc2ccc([C@H](N(C)C(=O)C3CN(C(C)=O)C3)C(F)(F)F)cc2)cnc2nc(Cl)nn12. The van der Waals surface area contributed by atoms with Crippen molar-refractivity contribution in [1.29, 1.82) is 0 Å². The van der Waals surface area contributed by atoms with Crippen molar-refractivity contribution in [2.75, 3.05) is 32.6 Å². The van der Waals surface area contributed by atoms with E-state index in [1.165, 1.54) is 53.9 Å². The monoisotopic (exact) mass is 539 g/mol. The molecule has 0 unspecified atom stereocenters. The van der Waals surface area contributed by atoms with E-state index in [0.717, 1.165) is 7.05 Å². The number of nitrogens with zero attached hydrogens (tertiary/aromatic N) is 6. The van der Waals surface area contributed by atoms with Crippen LogP contribution in [0.1, 0.15) is 37.3 Å². The third kappa shape index (κ3) is 5.32. The maximum Gasteiger partial charge on any atom is 0.413 e. The first kappa shape index (κ1) is 26.6. The lowest BCUT2D eigenvalue weighted by Crippen LogP contribution is -2.56. The number of fused-ring (bicyclic) bond motifs is 1. The summed E-state index contributed by atoms with van der Waals surface area (Å²) in [5.74, 6) is -1.27. The highest BCUT2D eigenvalue weighted by Crippen LogP contribution is 2.39. The number of carbonyl (C=O) groups is 2. The first-order valence-corrected chi connectivity index (χ1v) is 11.7. The van der Waals surface area contributed by atoms with E-state index in [1.807, 2.05) is 0 Å². The summed E-state index contributed by atoms with van der Waals surface area (Å²) in [6.45, 7) is 3.37. The van der Waals surface area contributed by atoms with Gasteiger partial charge in [-0.3, -0.25) is 9.59 Å². The van der Waals surface area contributed by atoms with Crippen molar-refractivity contribution in [2.24, 2.45) is 5.92 Å². The fourth-order valence-electron chi connectivity index (χ4n) is 4.27. The number of ether oxygens (including phenoxy) is 1. The minimum atomic E-state index is -4.70. The molecular formula is C23H25ClF3N7O3. The van der Waals surface area contributed by atoms with Gasteiger partial charge in [-0.05, 0) is 36.2 Å². The highest BCUT2D eigenvalue weighted by molar-refractivity contribution is 6.28. The summed E-state index contributed by atoms with van der Waals surface area (Å²) < 4.78 is 49.1. The van der Waals surface area contributed by atoms with Gasteiger partial charge in [-0.1, -0.05) is 12.1 Å². The van der Waals surface area contributed by atoms with Gasteiger partial charge in [0, 0.05) is 39.9 Å². The van der Waals surface area contributed by atoms with E-state index in [0.29, 0.717) is 22.0 Å². The lowest BCUT2D eigenvalue weighted by Gasteiger charge is -2.41. The molecule has 14 heteroatoms. The zero-order chi connectivity index (χ0) is 27.1. The maximum atomic E-state index is 14.1. The summed E-state index contributed by atoms with van der Waals surface area (Å²) in [7, 11) is 2.65. The second-order valence-electron chi connectivity index (χ2n) is 8.79.